The number of benzene rings is 1. The molecule has 1 aliphatic heterocycles. The lowest BCUT2D eigenvalue weighted by molar-refractivity contribution is -0.149. The molecule has 3 aromatic rings. The molecule has 0 saturated carbocycles. The molecule has 34 heavy (non-hydrogen) atoms. The van der Waals surface area contributed by atoms with Crippen molar-refractivity contribution >= 4 is 28.7 Å². The van der Waals surface area contributed by atoms with E-state index in [4.69, 9.17) is 16.2 Å². The summed E-state index contributed by atoms with van der Waals surface area (Å²) in [6, 6.07) is 5.52. The number of aliphatic carboxylic acids is 1. The van der Waals surface area contributed by atoms with Crippen molar-refractivity contribution in [1.82, 2.24) is 19.4 Å². The Morgan fingerprint density at radius 1 is 1.32 bits per heavy atom. The number of carbonyl (C=O) groups excluding carboxylic acids is 1. The lowest BCUT2D eigenvalue weighted by Crippen LogP contribution is -2.50. The molecule has 1 fully saturated rings. The lowest BCUT2D eigenvalue weighted by Gasteiger charge is -2.27. The number of nitrogen functional groups attached to an aromatic ring is 1. The number of ether oxygens (including phenoxy) is 1. The Hall–Kier alpha value is -3.66. The Labute approximate surface area is 197 Å². The summed E-state index contributed by atoms with van der Waals surface area (Å²) in [7, 11) is 1.60. The second-order valence-corrected chi connectivity index (χ2v) is 8.78. The maximum atomic E-state index is 13.1. The number of anilines is 1. The van der Waals surface area contributed by atoms with Gasteiger partial charge in [-0.2, -0.15) is 0 Å². The van der Waals surface area contributed by atoms with Gasteiger partial charge < -0.3 is 30.8 Å². The number of fused-ring (bicyclic) bond motifs is 1. The van der Waals surface area contributed by atoms with Gasteiger partial charge in [0.2, 0.25) is 5.91 Å². The Bertz CT molecular complexity index is 1230. The molecule has 0 spiro atoms. The van der Waals surface area contributed by atoms with Crippen LogP contribution in [-0.4, -0.2) is 62.2 Å². The number of rotatable bonds is 7. The van der Waals surface area contributed by atoms with Crippen molar-refractivity contribution in [3.05, 3.63) is 36.8 Å². The van der Waals surface area contributed by atoms with Gasteiger partial charge in [0.25, 0.3) is 0 Å². The van der Waals surface area contributed by atoms with Crippen LogP contribution in [-0.2, 0) is 9.59 Å². The van der Waals surface area contributed by atoms with E-state index in [9.17, 15) is 14.7 Å². The summed E-state index contributed by atoms with van der Waals surface area (Å²) in [4.78, 5) is 35.2. The maximum absolute atomic E-state index is 13.1. The van der Waals surface area contributed by atoms with Crippen molar-refractivity contribution < 1.29 is 19.4 Å². The Morgan fingerprint density at radius 2 is 2.09 bits per heavy atom. The fourth-order valence-electron chi connectivity index (χ4n) is 4.58. The van der Waals surface area contributed by atoms with Crippen LogP contribution < -0.4 is 16.2 Å². The molecule has 1 aliphatic rings. The molecule has 10 nitrogen and oxygen atoms in total. The van der Waals surface area contributed by atoms with Crippen LogP contribution in [0.25, 0.3) is 22.2 Å². The normalized spacial score (nSPS) is 19.8. The average Bonchev–Trinajstić information content (AvgIpc) is 3.46. The first kappa shape index (κ1) is 23.5. The molecular formula is C24H30N6O4. The largest absolute Gasteiger partial charge is 0.497 e. The summed E-state index contributed by atoms with van der Waals surface area (Å²) in [5.74, 6) is -0.438. The summed E-state index contributed by atoms with van der Waals surface area (Å²) in [5, 5.41) is 10.5. The Balaban J connectivity index is 1.77. The van der Waals surface area contributed by atoms with Gasteiger partial charge in [-0.3, -0.25) is 4.79 Å². The van der Waals surface area contributed by atoms with Gasteiger partial charge in [-0.25, -0.2) is 14.8 Å². The highest BCUT2D eigenvalue weighted by Crippen LogP contribution is 2.38. The number of carbonyl (C=O) groups is 2. The third-order valence-corrected chi connectivity index (χ3v) is 6.80. The first-order valence-electron chi connectivity index (χ1n) is 11.3. The molecule has 4 atom stereocenters. The number of amides is 1. The van der Waals surface area contributed by atoms with Crippen LogP contribution in [0.5, 0.6) is 5.75 Å². The second-order valence-electron chi connectivity index (χ2n) is 8.78. The highest BCUT2D eigenvalue weighted by atomic mass is 16.5. The van der Waals surface area contributed by atoms with Crippen molar-refractivity contribution in [2.45, 2.75) is 44.8 Å². The summed E-state index contributed by atoms with van der Waals surface area (Å²) < 4.78 is 7.27. The summed E-state index contributed by atoms with van der Waals surface area (Å²) in [6.07, 6.45) is 4.25. The van der Waals surface area contributed by atoms with Crippen LogP contribution in [0.1, 0.15) is 32.7 Å². The molecule has 180 valence electrons. The predicted octanol–water partition coefficient (Wildman–Crippen LogP) is 2.29. The first-order valence-corrected chi connectivity index (χ1v) is 11.3. The van der Waals surface area contributed by atoms with Gasteiger partial charge in [0.1, 0.15) is 29.6 Å². The predicted molar refractivity (Wildman–Crippen MR) is 128 cm³/mol. The van der Waals surface area contributed by atoms with Crippen LogP contribution in [0.2, 0.25) is 0 Å². The zero-order chi connectivity index (χ0) is 24.6. The number of carboxylic acids is 1. The number of hydrogen-bond acceptors (Lipinski definition) is 7. The number of methoxy groups -OCH3 is 1. The molecule has 0 bridgehead atoms. The van der Waals surface area contributed by atoms with Gasteiger partial charge >= 0.3 is 5.97 Å². The van der Waals surface area contributed by atoms with Crippen LogP contribution in [0.3, 0.4) is 0 Å². The van der Waals surface area contributed by atoms with Crippen molar-refractivity contribution in [1.29, 1.82) is 0 Å². The van der Waals surface area contributed by atoms with Gasteiger partial charge in [-0.15, -0.1) is 0 Å². The highest BCUT2D eigenvalue weighted by Gasteiger charge is 2.43. The monoisotopic (exact) mass is 466 g/mol. The quantitative estimate of drug-likeness (QED) is 0.480. The fourth-order valence-corrected chi connectivity index (χ4v) is 4.58. The molecule has 2 aromatic heterocycles. The van der Waals surface area contributed by atoms with Gasteiger partial charge in [0.05, 0.1) is 24.6 Å². The average molecular weight is 467 g/mol. The maximum Gasteiger partial charge on any atom is 0.326 e. The van der Waals surface area contributed by atoms with Gasteiger partial charge in [-0.05, 0) is 23.6 Å². The van der Waals surface area contributed by atoms with Crippen LogP contribution in [0, 0.1) is 5.92 Å². The topological polar surface area (TPSA) is 150 Å². The standard InChI is InChI=1S/C24H30N6O4/c1-4-13(2)20(25)23(31)30-10-15(9-18(30)24(32)33)29-11-17(14-6-5-7-16(8-14)34-3)19-21(26)27-12-28-22(19)29/h5-8,11-13,15,18,20H,4,9-10,25H2,1-3H3,(H,32,33)(H2,26,27,28). The molecule has 1 saturated heterocycles. The van der Waals surface area contributed by atoms with Crippen LogP contribution in [0.4, 0.5) is 5.82 Å². The van der Waals surface area contributed by atoms with Gasteiger partial charge in [0.15, 0.2) is 0 Å². The van der Waals surface area contributed by atoms with Gasteiger partial charge in [-0.1, -0.05) is 32.4 Å². The molecule has 3 heterocycles. The minimum absolute atomic E-state index is 0.0550. The van der Waals surface area contributed by atoms with Crippen LogP contribution in [0.15, 0.2) is 36.8 Å². The van der Waals surface area contributed by atoms with Crippen molar-refractivity contribution in [3.8, 4) is 16.9 Å². The van der Waals surface area contributed by atoms with Crippen molar-refractivity contribution in [3.63, 3.8) is 0 Å². The van der Waals surface area contributed by atoms with Crippen molar-refractivity contribution in [2.75, 3.05) is 19.4 Å². The van der Waals surface area contributed by atoms with Gasteiger partial charge in [0, 0.05) is 24.7 Å². The number of likely N-dealkylation sites (tertiary alicyclic amines) is 1. The van der Waals surface area contributed by atoms with E-state index in [0.29, 0.717) is 22.6 Å². The lowest BCUT2D eigenvalue weighted by atomic mass is 9.98. The van der Waals surface area contributed by atoms with E-state index >= 15 is 0 Å². The number of nitrogens with zero attached hydrogens (tertiary/aromatic N) is 4. The van der Waals surface area contributed by atoms with Crippen LogP contribution >= 0.6 is 0 Å². The SMILES string of the molecule is CCC(C)C(N)C(=O)N1CC(n2cc(-c3cccc(OC)c3)c3c(N)ncnc32)CC1C(=O)O. The van der Waals surface area contributed by atoms with E-state index in [-0.39, 0.29) is 30.8 Å². The molecule has 1 amide bonds. The molecule has 0 aliphatic carbocycles. The highest BCUT2D eigenvalue weighted by molar-refractivity contribution is 6.01. The molecule has 4 rings (SSSR count). The third-order valence-electron chi connectivity index (χ3n) is 6.80. The Morgan fingerprint density at radius 3 is 2.76 bits per heavy atom. The second kappa shape index (κ2) is 9.30. The number of aromatic nitrogens is 3. The zero-order valence-corrected chi connectivity index (χ0v) is 19.5. The van der Waals surface area contributed by atoms with E-state index in [1.54, 1.807) is 7.11 Å². The first-order chi connectivity index (χ1) is 16.3. The molecule has 0 radical (unpaired) electrons. The summed E-state index contributed by atoms with van der Waals surface area (Å²) in [6.45, 7) is 4.06. The Kier molecular flexibility index (Phi) is 6.43. The van der Waals surface area contributed by atoms with E-state index in [2.05, 4.69) is 9.97 Å². The number of nitrogens with two attached hydrogens (primary N) is 2. The smallest absolute Gasteiger partial charge is 0.326 e. The van der Waals surface area contributed by atoms with E-state index in [1.807, 2.05) is 48.9 Å². The molecule has 10 heteroatoms. The summed E-state index contributed by atoms with van der Waals surface area (Å²) in [5.41, 5.74) is 14.7. The minimum Gasteiger partial charge on any atom is -0.497 e. The minimum atomic E-state index is -1.05. The molecule has 1 aromatic carbocycles. The van der Waals surface area contributed by atoms with E-state index < -0.39 is 18.1 Å². The third kappa shape index (κ3) is 4.05. The van der Waals surface area contributed by atoms with E-state index in [0.717, 1.165) is 17.5 Å². The zero-order valence-electron chi connectivity index (χ0n) is 19.5. The molecule has 5 N–H and O–H groups in total. The fraction of sp³-hybridized carbons (Fsp3) is 0.417. The molecular weight excluding hydrogens is 436 g/mol. The molecule has 4 unspecified atom stereocenters. The number of carboxylic acid groups (broad SMARTS) is 1. The number of hydrogen-bond donors (Lipinski definition) is 3. The van der Waals surface area contributed by atoms with Crippen molar-refractivity contribution in [2.24, 2.45) is 11.7 Å². The summed E-state index contributed by atoms with van der Waals surface area (Å²) >= 11 is 0. The van der Waals surface area contributed by atoms with E-state index in [1.165, 1.54) is 11.2 Å².